The lowest BCUT2D eigenvalue weighted by molar-refractivity contribution is -0.133. The largest absolute Gasteiger partial charge is 0.491 e. The van der Waals surface area contributed by atoms with Gasteiger partial charge in [-0.15, -0.1) is 0 Å². The fourth-order valence-corrected chi connectivity index (χ4v) is 1.18. The molecule has 4 nitrogen and oxygen atoms in total. The molecule has 1 aromatic carbocycles. The number of carbonyl (C=O) groups is 1. The van der Waals surface area contributed by atoms with Gasteiger partial charge in [-0.2, -0.15) is 8.42 Å². The van der Waals surface area contributed by atoms with E-state index in [0.29, 0.717) is 5.56 Å². The summed E-state index contributed by atoms with van der Waals surface area (Å²) in [7, 11) is -5.19. The number of rotatable bonds is 3. The van der Waals surface area contributed by atoms with Gasteiger partial charge in [-0.1, -0.05) is 34.2 Å². The van der Waals surface area contributed by atoms with Gasteiger partial charge in [0.1, 0.15) is 0 Å². The molecule has 0 bridgehead atoms. The SMILES string of the molecule is O=C(Cc1ccccc1)OS(=O)(=O)F. The van der Waals surface area contributed by atoms with Gasteiger partial charge in [-0.3, -0.25) is 4.79 Å². The minimum Gasteiger partial charge on any atom is -0.321 e. The van der Waals surface area contributed by atoms with Crippen molar-refractivity contribution in [2.45, 2.75) is 6.42 Å². The monoisotopic (exact) mass is 218 g/mol. The minimum absolute atomic E-state index is 0.274. The standard InChI is InChI=1S/C8H7FO4S/c9-14(11,12)13-8(10)6-7-4-2-1-3-5-7/h1-5H,6H2. The second kappa shape index (κ2) is 4.19. The third-order valence-electron chi connectivity index (χ3n) is 1.38. The summed E-state index contributed by atoms with van der Waals surface area (Å²) in [6, 6.07) is 8.29. The Balaban J connectivity index is 2.59. The van der Waals surface area contributed by atoms with Gasteiger partial charge in [0, 0.05) is 0 Å². The molecule has 0 spiro atoms. The minimum atomic E-state index is -5.19. The average Bonchev–Trinajstić information content (AvgIpc) is 2.02. The molecule has 0 aliphatic carbocycles. The summed E-state index contributed by atoms with van der Waals surface area (Å²) < 4.78 is 35.2. The number of hydrogen-bond acceptors (Lipinski definition) is 4. The molecular weight excluding hydrogens is 211 g/mol. The molecule has 0 fully saturated rings. The van der Waals surface area contributed by atoms with Crippen LogP contribution in [0.4, 0.5) is 3.89 Å². The van der Waals surface area contributed by atoms with Crippen molar-refractivity contribution >= 4 is 16.5 Å². The molecule has 0 unspecified atom stereocenters. The molecule has 1 rings (SSSR count). The van der Waals surface area contributed by atoms with Gasteiger partial charge in [0.15, 0.2) is 0 Å². The summed E-state index contributed by atoms with van der Waals surface area (Å²) in [5.74, 6) is -1.14. The van der Waals surface area contributed by atoms with Crippen molar-refractivity contribution in [3.8, 4) is 0 Å². The molecule has 0 radical (unpaired) electrons. The van der Waals surface area contributed by atoms with Gasteiger partial charge in [-0.05, 0) is 5.56 Å². The highest BCUT2D eigenvalue weighted by atomic mass is 32.3. The Labute approximate surface area is 80.7 Å². The zero-order chi connectivity index (χ0) is 10.6. The van der Waals surface area contributed by atoms with E-state index in [2.05, 4.69) is 4.18 Å². The van der Waals surface area contributed by atoms with Crippen LogP contribution in [-0.2, 0) is 25.9 Å². The van der Waals surface area contributed by atoms with Crippen molar-refractivity contribution in [2.24, 2.45) is 0 Å². The first-order valence-electron chi connectivity index (χ1n) is 3.68. The third-order valence-corrected chi connectivity index (χ3v) is 1.77. The van der Waals surface area contributed by atoms with Crippen molar-refractivity contribution in [2.75, 3.05) is 0 Å². The van der Waals surface area contributed by atoms with Gasteiger partial charge in [0.2, 0.25) is 0 Å². The van der Waals surface area contributed by atoms with E-state index in [-0.39, 0.29) is 6.42 Å². The normalized spacial score (nSPS) is 10.9. The van der Waals surface area contributed by atoms with Crippen LogP contribution >= 0.6 is 0 Å². The van der Waals surface area contributed by atoms with Crippen molar-refractivity contribution in [1.82, 2.24) is 0 Å². The fraction of sp³-hybridized carbons (Fsp3) is 0.125. The molecule has 1 aromatic rings. The molecule has 14 heavy (non-hydrogen) atoms. The molecule has 6 heteroatoms. The molecule has 0 aliphatic rings. The summed E-state index contributed by atoms with van der Waals surface area (Å²) in [5.41, 5.74) is 0.557. The number of benzene rings is 1. The Morgan fingerprint density at radius 3 is 2.36 bits per heavy atom. The Hall–Kier alpha value is -1.43. The first-order chi connectivity index (χ1) is 6.47. The molecule has 0 saturated carbocycles. The van der Waals surface area contributed by atoms with Crippen LogP contribution in [0.2, 0.25) is 0 Å². The van der Waals surface area contributed by atoms with E-state index in [1.807, 2.05) is 0 Å². The van der Waals surface area contributed by atoms with E-state index in [4.69, 9.17) is 0 Å². The maximum Gasteiger partial charge on any atom is 0.491 e. The van der Waals surface area contributed by atoms with Crippen LogP contribution in [0.25, 0.3) is 0 Å². The summed E-state index contributed by atoms with van der Waals surface area (Å²) in [6.07, 6.45) is -0.274. The summed E-state index contributed by atoms with van der Waals surface area (Å²) in [4.78, 5) is 10.8. The van der Waals surface area contributed by atoms with Crippen LogP contribution in [0.15, 0.2) is 30.3 Å². The van der Waals surface area contributed by atoms with Crippen LogP contribution in [0.1, 0.15) is 5.56 Å². The molecule has 0 amide bonds. The van der Waals surface area contributed by atoms with Gasteiger partial charge in [0.05, 0.1) is 6.42 Å². The lowest BCUT2D eigenvalue weighted by atomic mass is 10.2. The van der Waals surface area contributed by atoms with E-state index in [9.17, 15) is 17.1 Å². The molecule has 0 heterocycles. The van der Waals surface area contributed by atoms with Crippen LogP contribution in [0.5, 0.6) is 0 Å². The molecule has 0 aromatic heterocycles. The lowest BCUT2D eigenvalue weighted by Gasteiger charge is -1.98. The van der Waals surface area contributed by atoms with Crippen LogP contribution in [-0.4, -0.2) is 14.4 Å². The van der Waals surface area contributed by atoms with Crippen LogP contribution < -0.4 is 0 Å². The van der Waals surface area contributed by atoms with Crippen molar-refractivity contribution in [3.05, 3.63) is 35.9 Å². The predicted molar refractivity (Wildman–Crippen MR) is 46.3 cm³/mol. The second-order valence-electron chi connectivity index (χ2n) is 2.51. The molecule has 76 valence electrons. The zero-order valence-corrected chi connectivity index (χ0v) is 7.83. The summed E-state index contributed by atoms with van der Waals surface area (Å²) in [6.45, 7) is 0. The van der Waals surface area contributed by atoms with E-state index in [0.717, 1.165) is 0 Å². The van der Waals surface area contributed by atoms with E-state index < -0.39 is 16.5 Å². The van der Waals surface area contributed by atoms with Gasteiger partial charge >= 0.3 is 16.5 Å². The van der Waals surface area contributed by atoms with Crippen LogP contribution in [0.3, 0.4) is 0 Å². The maximum absolute atomic E-state index is 11.9. The number of carbonyl (C=O) groups excluding carboxylic acids is 1. The molecule has 0 atom stereocenters. The highest BCUT2D eigenvalue weighted by Crippen LogP contribution is 2.03. The quantitative estimate of drug-likeness (QED) is 0.710. The maximum atomic E-state index is 11.9. The molecular formula is C8H7FO4S. The Bertz CT molecular complexity index is 412. The Kier molecular flexibility index (Phi) is 3.19. The predicted octanol–water partition coefficient (Wildman–Crippen LogP) is 0.987. The average molecular weight is 218 g/mol. The summed E-state index contributed by atoms with van der Waals surface area (Å²) in [5, 5.41) is 0. The second-order valence-corrected chi connectivity index (χ2v) is 3.46. The topological polar surface area (TPSA) is 60.4 Å². The molecule has 0 saturated heterocycles. The first-order valence-corrected chi connectivity index (χ1v) is 4.99. The van der Waals surface area contributed by atoms with Gasteiger partial charge in [0.25, 0.3) is 0 Å². The van der Waals surface area contributed by atoms with Crippen molar-refractivity contribution in [1.29, 1.82) is 0 Å². The molecule has 0 aliphatic heterocycles. The van der Waals surface area contributed by atoms with Crippen molar-refractivity contribution in [3.63, 3.8) is 0 Å². The molecule has 0 N–H and O–H groups in total. The van der Waals surface area contributed by atoms with E-state index in [1.165, 1.54) is 0 Å². The van der Waals surface area contributed by atoms with Crippen molar-refractivity contribution < 1.29 is 21.3 Å². The fourth-order valence-electron chi connectivity index (χ4n) is 0.903. The Morgan fingerprint density at radius 1 is 1.29 bits per heavy atom. The summed E-state index contributed by atoms with van der Waals surface area (Å²) >= 11 is 0. The number of hydrogen-bond donors (Lipinski definition) is 0. The van der Waals surface area contributed by atoms with Gasteiger partial charge < -0.3 is 4.18 Å². The van der Waals surface area contributed by atoms with Gasteiger partial charge in [-0.25, -0.2) is 0 Å². The van der Waals surface area contributed by atoms with E-state index >= 15 is 0 Å². The highest BCUT2D eigenvalue weighted by molar-refractivity contribution is 7.81. The van der Waals surface area contributed by atoms with Crippen LogP contribution in [0, 0.1) is 0 Å². The Morgan fingerprint density at radius 2 is 1.86 bits per heavy atom. The highest BCUT2D eigenvalue weighted by Gasteiger charge is 2.15. The first kappa shape index (κ1) is 10.6. The zero-order valence-electron chi connectivity index (χ0n) is 7.01. The van der Waals surface area contributed by atoms with E-state index in [1.54, 1.807) is 30.3 Å². The third kappa shape index (κ3) is 3.99. The number of halogens is 1. The smallest absolute Gasteiger partial charge is 0.321 e. The lowest BCUT2D eigenvalue weighted by Crippen LogP contribution is -2.11.